The van der Waals surface area contributed by atoms with Gasteiger partial charge in [-0.05, 0) is 11.6 Å². The molecule has 0 aromatic heterocycles. The molecule has 26 heavy (non-hydrogen) atoms. The van der Waals surface area contributed by atoms with E-state index >= 15 is 0 Å². The molecule has 0 spiro atoms. The van der Waals surface area contributed by atoms with Gasteiger partial charge >= 0.3 is 0 Å². The van der Waals surface area contributed by atoms with Gasteiger partial charge in [0.1, 0.15) is 5.57 Å². The minimum absolute atomic E-state index is 0.0398. The molecule has 134 valence electrons. The van der Waals surface area contributed by atoms with E-state index in [1.54, 1.807) is 12.1 Å². The molecule has 0 bridgehead atoms. The highest BCUT2D eigenvalue weighted by Gasteiger charge is 2.59. The van der Waals surface area contributed by atoms with Crippen LogP contribution in [0.3, 0.4) is 0 Å². The molecule has 1 aliphatic carbocycles. The number of amides is 2. The number of nitrogens with one attached hydrogen (secondary N) is 1. The number of primary amides is 2. The number of benzene rings is 1. The highest BCUT2D eigenvalue weighted by molar-refractivity contribution is 6.22. The molecule has 7 nitrogen and oxygen atoms in total. The summed E-state index contributed by atoms with van der Waals surface area (Å²) in [6.45, 7) is 0. The number of aliphatic imine (C=N–C) groups is 1. The first kappa shape index (κ1) is 16.2. The predicted molar refractivity (Wildman–Crippen MR) is 88.4 cm³/mol. The summed E-state index contributed by atoms with van der Waals surface area (Å²) in [7, 11) is 0. The first-order chi connectivity index (χ1) is 12.3. The average molecular weight is 359 g/mol. The van der Waals surface area contributed by atoms with Gasteiger partial charge in [-0.25, -0.2) is 18.8 Å². The number of nitrogens with two attached hydrogens (primary N) is 2. The number of halogens is 2. The Hall–Kier alpha value is -3.23. The third-order valence-electron chi connectivity index (χ3n) is 5.07. The van der Waals surface area contributed by atoms with Crippen LogP contribution in [0.4, 0.5) is 8.78 Å². The fourth-order valence-electron chi connectivity index (χ4n) is 3.90. The van der Waals surface area contributed by atoms with Crippen molar-refractivity contribution in [2.45, 2.75) is 23.8 Å². The molecule has 1 aromatic carbocycles. The Kier molecular flexibility index (Phi) is 3.21. The van der Waals surface area contributed by atoms with Crippen LogP contribution in [0, 0.1) is 0 Å². The number of alkyl halides is 2. The molecule has 2 heterocycles. The molecule has 4 rings (SSSR count). The second-order valence-corrected chi connectivity index (χ2v) is 6.39. The van der Waals surface area contributed by atoms with Gasteiger partial charge in [0.15, 0.2) is 11.4 Å². The van der Waals surface area contributed by atoms with Gasteiger partial charge in [0.2, 0.25) is 5.91 Å². The van der Waals surface area contributed by atoms with Gasteiger partial charge in [-0.2, -0.15) is 0 Å². The summed E-state index contributed by atoms with van der Waals surface area (Å²) in [6, 6.07) is 6.06. The van der Waals surface area contributed by atoms with Crippen LogP contribution in [0.25, 0.3) is 0 Å². The van der Waals surface area contributed by atoms with Gasteiger partial charge in [-0.3, -0.25) is 9.59 Å². The zero-order chi connectivity index (χ0) is 18.7. The molecule has 9 heteroatoms. The summed E-state index contributed by atoms with van der Waals surface area (Å²) in [5.41, 5.74) is 12.3. The zero-order valence-corrected chi connectivity index (χ0v) is 13.4. The van der Waals surface area contributed by atoms with Crippen molar-refractivity contribution in [2.75, 3.05) is 0 Å². The molecule has 0 saturated heterocycles. The van der Waals surface area contributed by atoms with Gasteiger partial charge in [0.25, 0.3) is 11.8 Å². The van der Waals surface area contributed by atoms with Gasteiger partial charge < -0.3 is 16.9 Å². The Bertz CT molecular complexity index is 923. The second-order valence-electron chi connectivity index (χ2n) is 6.39. The summed E-state index contributed by atoms with van der Waals surface area (Å²) < 4.78 is 29.2. The Balaban J connectivity index is 1.87. The summed E-state index contributed by atoms with van der Waals surface area (Å²) in [5, 5.41) is 1.25. The normalized spacial score (nSPS) is 27.9. The van der Waals surface area contributed by atoms with Crippen molar-refractivity contribution < 1.29 is 18.4 Å². The van der Waals surface area contributed by atoms with Crippen LogP contribution in [0.2, 0.25) is 0 Å². The lowest BCUT2D eigenvalue weighted by atomic mass is 9.77. The number of carbonyl (C=O) groups is 2. The smallest absolute Gasteiger partial charge is 0.274 e. The Morgan fingerprint density at radius 3 is 2.69 bits per heavy atom. The molecule has 2 aliphatic heterocycles. The maximum Gasteiger partial charge on any atom is 0.274 e. The molecule has 2 unspecified atom stereocenters. The molecular weight excluding hydrogens is 344 g/mol. The van der Waals surface area contributed by atoms with Crippen molar-refractivity contribution in [3.63, 3.8) is 0 Å². The number of nitrogens with zero attached hydrogens (tertiary/aromatic N) is 2. The SMILES string of the molecule is NC(=O)C1=CNN2C1=NC=CC2(C(N)=O)C1CC(F)(F)c2ccccc21. The standard InChI is InChI=1S/C17H15F2N5O2/c18-17(19)7-12(9-3-1-2-4-11(9)17)16(15(21)26)5-6-22-14-10(13(20)25)8-23-24(14)16/h1-6,8,12,23H,7H2,(H2,20,25)(H2,21,26). The van der Waals surface area contributed by atoms with Crippen molar-refractivity contribution in [2.24, 2.45) is 16.5 Å². The minimum Gasteiger partial charge on any atom is -0.367 e. The van der Waals surface area contributed by atoms with Crippen molar-refractivity contribution in [1.82, 2.24) is 10.4 Å². The van der Waals surface area contributed by atoms with E-state index in [1.807, 2.05) is 0 Å². The topological polar surface area (TPSA) is 114 Å². The van der Waals surface area contributed by atoms with Crippen LogP contribution in [-0.4, -0.2) is 28.2 Å². The lowest BCUT2D eigenvalue weighted by molar-refractivity contribution is -0.128. The Labute approximate surface area is 147 Å². The first-order valence-corrected chi connectivity index (χ1v) is 7.88. The maximum absolute atomic E-state index is 14.6. The molecule has 0 saturated carbocycles. The van der Waals surface area contributed by atoms with Crippen LogP contribution in [0.15, 0.2) is 53.3 Å². The van der Waals surface area contributed by atoms with E-state index in [9.17, 15) is 18.4 Å². The largest absolute Gasteiger partial charge is 0.367 e. The summed E-state index contributed by atoms with van der Waals surface area (Å²) in [4.78, 5) is 28.2. The van der Waals surface area contributed by atoms with E-state index in [0.717, 1.165) is 0 Å². The lowest BCUT2D eigenvalue weighted by Gasteiger charge is -2.43. The van der Waals surface area contributed by atoms with E-state index in [0.29, 0.717) is 5.56 Å². The molecule has 5 N–H and O–H groups in total. The molecule has 3 aliphatic rings. The maximum atomic E-state index is 14.6. The fourth-order valence-corrected chi connectivity index (χ4v) is 3.90. The number of hydrogen-bond acceptors (Lipinski definition) is 5. The highest BCUT2D eigenvalue weighted by atomic mass is 19.3. The van der Waals surface area contributed by atoms with E-state index < -0.39 is 35.6 Å². The van der Waals surface area contributed by atoms with E-state index in [2.05, 4.69) is 10.4 Å². The molecule has 2 amide bonds. The Morgan fingerprint density at radius 1 is 1.27 bits per heavy atom. The highest BCUT2D eigenvalue weighted by Crippen LogP contribution is 2.54. The number of fused-ring (bicyclic) bond motifs is 2. The van der Waals surface area contributed by atoms with Gasteiger partial charge in [0.05, 0.1) is 0 Å². The fraction of sp³-hybridized carbons (Fsp3) is 0.235. The van der Waals surface area contributed by atoms with Crippen molar-refractivity contribution in [1.29, 1.82) is 0 Å². The monoisotopic (exact) mass is 359 g/mol. The molecule has 0 fully saturated rings. The van der Waals surface area contributed by atoms with Crippen LogP contribution >= 0.6 is 0 Å². The zero-order valence-electron chi connectivity index (χ0n) is 13.4. The van der Waals surface area contributed by atoms with Crippen molar-refractivity contribution in [3.8, 4) is 0 Å². The molecular formula is C17H15F2N5O2. The predicted octanol–water partition coefficient (Wildman–Crippen LogP) is 0.605. The first-order valence-electron chi connectivity index (χ1n) is 7.88. The van der Waals surface area contributed by atoms with E-state index in [1.165, 1.54) is 35.6 Å². The summed E-state index contributed by atoms with van der Waals surface area (Å²) in [5.74, 6) is -5.58. The van der Waals surface area contributed by atoms with Crippen molar-refractivity contribution >= 4 is 17.6 Å². The van der Waals surface area contributed by atoms with Crippen molar-refractivity contribution in [3.05, 3.63) is 59.4 Å². The lowest BCUT2D eigenvalue weighted by Crippen LogP contribution is -2.64. The quantitative estimate of drug-likeness (QED) is 0.733. The number of hydrogen-bond donors (Lipinski definition) is 3. The van der Waals surface area contributed by atoms with Crippen LogP contribution in [0.5, 0.6) is 0 Å². The van der Waals surface area contributed by atoms with Gasteiger partial charge in [-0.15, -0.1) is 0 Å². The number of rotatable bonds is 3. The number of hydrazine groups is 1. The van der Waals surface area contributed by atoms with E-state index in [4.69, 9.17) is 11.5 Å². The number of carbonyl (C=O) groups excluding carboxylic acids is 2. The third kappa shape index (κ3) is 1.94. The Morgan fingerprint density at radius 2 is 2.00 bits per heavy atom. The molecule has 2 atom stereocenters. The summed E-state index contributed by atoms with van der Waals surface area (Å²) in [6.07, 6.45) is 3.35. The minimum atomic E-state index is -3.11. The van der Waals surface area contributed by atoms with Gasteiger partial charge in [-0.1, -0.05) is 24.3 Å². The average Bonchev–Trinajstić information content (AvgIpc) is 3.14. The second kappa shape index (κ2) is 5.13. The van der Waals surface area contributed by atoms with Crippen LogP contribution in [0.1, 0.15) is 23.5 Å². The third-order valence-corrected chi connectivity index (χ3v) is 5.07. The van der Waals surface area contributed by atoms with Crippen LogP contribution in [-0.2, 0) is 15.5 Å². The molecule has 1 aromatic rings. The van der Waals surface area contributed by atoms with E-state index in [-0.39, 0.29) is 17.0 Å². The number of amidine groups is 1. The van der Waals surface area contributed by atoms with Crippen LogP contribution < -0.4 is 16.9 Å². The molecule has 0 radical (unpaired) electrons. The van der Waals surface area contributed by atoms with Gasteiger partial charge in [0, 0.05) is 30.3 Å². The summed E-state index contributed by atoms with van der Waals surface area (Å²) >= 11 is 0.